The molecule has 0 spiro atoms. The highest BCUT2D eigenvalue weighted by Gasteiger charge is 2.40. The van der Waals surface area contributed by atoms with Gasteiger partial charge in [0.05, 0.1) is 5.37 Å². The molecule has 0 bridgehead atoms. The molecule has 2 amide bonds. The lowest BCUT2D eigenvalue weighted by atomic mass is 9.87. The van der Waals surface area contributed by atoms with E-state index in [-0.39, 0.29) is 17.4 Å². The summed E-state index contributed by atoms with van der Waals surface area (Å²) in [7, 11) is 0. The summed E-state index contributed by atoms with van der Waals surface area (Å²) in [6.45, 7) is 4.09. The normalized spacial score (nSPS) is 35.2. The molecule has 0 aromatic carbocycles. The van der Waals surface area contributed by atoms with E-state index in [9.17, 15) is 9.59 Å². The number of aliphatic carboxylic acids is 1. The van der Waals surface area contributed by atoms with Gasteiger partial charge in [-0.25, -0.2) is 9.59 Å². The molecular weight excluding hydrogens is 264 g/mol. The molecular formula is C13H22N2O3S. The summed E-state index contributed by atoms with van der Waals surface area (Å²) >= 11 is 1.52. The van der Waals surface area contributed by atoms with E-state index in [0.29, 0.717) is 11.7 Å². The summed E-state index contributed by atoms with van der Waals surface area (Å²) in [5.74, 6) is 0.203. The lowest BCUT2D eigenvalue weighted by Crippen LogP contribution is -2.52. The second-order valence-electron chi connectivity index (χ2n) is 5.61. The van der Waals surface area contributed by atoms with E-state index in [2.05, 4.69) is 12.2 Å². The molecule has 1 aliphatic carbocycles. The van der Waals surface area contributed by atoms with Crippen LogP contribution < -0.4 is 5.32 Å². The Balaban J connectivity index is 1.96. The number of carbonyl (C=O) groups is 2. The first-order valence-electron chi connectivity index (χ1n) is 6.92. The van der Waals surface area contributed by atoms with Crippen molar-refractivity contribution in [3.05, 3.63) is 0 Å². The van der Waals surface area contributed by atoms with Crippen molar-refractivity contribution in [2.45, 2.75) is 57.0 Å². The van der Waals surface area contributed by atoms with Gasteiger partial charge in [-0.05, 0) is 25.7 Å². The van der Waals surface area contributed by atoms with Crippen LogP contribution >= 0.6 is 11.8 Å². The van der Waals surface area contributed by atoms with Gasteiger partial charge in [0.1, 0.15) is 6.04 Å². The third kappa shape index (κ3) is 3.35. The van der Waals surface area contributed by atoms with Gasteiger partial charge in [0.25, 0.3) is 0 Å². The van der Waals surface area contributed by atoms with Crippen molar-refractivity contribution >= 4 is 23.8 Å². The maximum atomic E-state index is 12.3. The lowest BCUT2D eigenvalue weighted by Gasteiger charge is -2.31. The average molecular weight is 286 g/mol. The van der Waals surface area contributed by atoms with Crippen LogP contribution in [0.3, 0.4) is 0 Å². The molecule has 2 rings (SSSR count). The summed E-state index contributed by atoms with van der Waals surface area (Å²) in [6, 6.07) is -0.714. The fraction of sp³-hybridized carbons (Fsp3) is 0.846. The van der Waals surface area contributed by atoms with Gasteiger partial charge in [0.2, 0.25) is 0 Å². The second kappa shape index (κ2) is 6.03. The van der Waals surface area contributed by atoms with Crippen LogP contribution in [0.25, 0.3) is 0 Å². The highest BCUT2D eigenvalue weighted by molar-refractivity contribution is 8.00. The van der Waals surface area contributed by atoms with Crippen LogP contribution in [-0.2, 0) is 4.79 Å². The van der Waals surface area contributed by atoms with Crippen molar-refractivity contribution < 1.29 is 14.7 Å². The third-order valence-corrected chi connectivity index (χ3v) is 5.22. The van der Waals surface area contributed by atoms with Crippen molar-refractivity contribution in [2.75, 3.05) is 5.75 Å². The van der Waals surface area contributed by atoms with E-state index in [1.54, 1.807) is 0 Å². The van der Waals surface area contributed by atoms with Gasteiger partial charge in [-0.15, -0.1) is 11.8 Å². The molecule has 1 saturated carbocycles. The Morgan fingerprint density at radius 1 is 1.32 bits per heavy atom. The number of rotatable bonds is 2. The molecule has 6 heteroatoms. The highest BCUT2D eigenvalue weighted by atomic mass is 32.2. The van der Waals surface area contributed by atoms with Crippen molar-refractivity contribution in [3.63, 3.8) is 0 Å². The van der Waals surface area contributed by atoms with Crippen molar-refractivity contribution in [3.8, 4) is 0 Å². The number of carboxylic acid groups (broad SMARTS) is 1. The van der Waals surface area contributed by atoms with Gasteiger partial charge in [0.15, 0.2) is 0 Å². The summed E-state index contributed by atoms with van der Waals surface area (Å²) in [6.07, 6.45) is 4.36. The maximum Gasteiger partial charge on any atom is 0.327 e. The SMILES string of the molecule is CC1CCCC(NC(=O)N2C(C)SCC2C(=O)O)C1. The molecule has 4 atom stereocenters. The quantitative estimate of drug-likeness (QED) is 0.816. The first kappa shape index (κ1) is 14.5. The zero-order valence-electron chi connectivity index (χ0n) is 11.5. The zero-order valence-corrected chi connectivity index (χ0v) is 12.3. The zero-order chi connectivity index (χ0) is 14.0. The minimum atomic E-state index is -0.913. The molecule has 0 radical (unpaired) electrons. The fourth-order valence-corrected chi connectivity index (χ4v) is 4.12. The number of nitrogens with zero attached hydrogens (tertiary/aromatic N) is 1. The largest absolute Gasteiger partial charge is 0.480 e. The Labute approximate surface area is 118 Å². The maximum absolute atomic E-state index is 12.3. The minimum absolute atomic E-state index is 0.0675. The first-order chi connectivity index (χ1) is 8.99. The average Bonchev–Trinajstić information content (AvgIpc) is 2.71. The smallest absolute Gasteiger partial charge is 0.327 e. The predicted octanol–water partition coefficient (Wildman–Crippen LogP) is 2.12. The standard InChI is InChI=1S/C13H22N2O3S/c1-8-4-3-5-10(6-8)14-13(18)15-9(2)19-7-11(15)12(16)17/h8-11H,3-7H2,1-2H3,(H,14,18)(H,16,17). The van der Waals surface area contributed by atoms with E-state index >= 15 is 0 Å². The Morgan fingerprint density at radius 2 is 2.05 bits per heavy atom. The molecule has 5 nitrogen and oxygen atoms in total. The van der Waals surface area contributed by atoms with Crippen LogP contribution in [0.4, 0.5) is 4.79 Å². The molecule has 0 aromatic heterocycles. The second-order valence-corrected chi connectivity index (χ2v) is 6.96. The monoisotopic (exact) mass is 286 g/mol. The Bertz CT molecular complexity index is 364. The van der Waals surface area contributed by atoms with Crippen LogP contribution in [0, 0.1) is 5.92 Å². The van der Waals surface area contributed by atoms with Gasteiger partial charge < -0.3 is 10.4 Å². The first-order valence-corrected chi connectivity index (χ1v) is 7.97. The van der Waals surface area contributed by atoms with Crippen molar-refractivity contribution in [2.24, 2.45) is 5.92 Å². The topological polar surface area (TPSA) is 69.6 Å². The van der Waals surface area contributed by atoms with Crippen LogP contribution in [0.15, 0.2) is 0 Å². The summed E-state index contributed by atoms with van der Waals surface area (Å²) in [5, 5.41) is 12.1. The van der Waals surface area contributed by atoms with Crippen LogP contribution in [0.1, 0.15) is 39.5 Å². The number of carboxylic acids is 1. The highest BCUT2D eigenvalue weighted by Crippen LogP contribution is 2.29. The van der Waals surface area contributed by atoms with Gasteiger partial charge in [-0.2, -0.15) is 0 Å². The summed E-state index contributed by atoms with van der Waals surface area (Å²) < 4.78 is 0. The Kier molecular flexibility index (Phi) is 4.60. The number of amides is 2. The van der Waals surface area contributed by atoms with Gasteiger partial charge in [0, 0.05) is 11.8 Å². The van der Waals surface area contributed by atoms with E-state index in [1.807, 2.05) is 6.92 Å². The van der Waals surface area contributed by atoms with E-state index in [0.717, 1.165) is 19.3 Å². The van der Waals surface area contributed by atoms with Crippen molar-refractivity contribution in [1.82, 2.24) is 10.2 Å². The van der Waals surface area contributed by atoms with Crippen molar-refractivity contribution in [1.29, 1.82) is 0 Å². The van der Waals surface area contributed by atoms with Crippen LogP contribution in [-0.4, -0.2) is 45.2 Å². The van der Waals surface area contributed by atoms with Crippen LogP contribution in [0.5, 0.6) is 0 Å². The summed E-state index contributed by atoms with van der Waals surface area (Å²) in [5.41, 5.74) is 0. The van der Waals surface area contributed by atoms with Gasteiger partial charge in [-0.3, -0.25) is 4.90 Å². The van der Waals surface area contributed by atoms with Crippen LogP contribution in [0.2, 0.25) is 0 Å². The van der Waals surface area contributed by atoms with E-state index < -0.39 is 12.0 Å². The predicted molar refractivity (Wildman–Crippen MR) is 75.1 cm³/mol. The lowest BCUT2D eigenvalue weighted by molar-refractivity contribution is -0.141. The molecule has 2 aliphatic rings. The molecule has 2 N–H and O–H groups in total. The number of hydrogen-bond donors (Lipinski definition) is 2. The van der Waals surface area contributed by atoms with Gasteiger partial charge in [-0.1, -0.05) is 19.8 Å². The van der Waals surface area contributed by atoms with Gasteiger partial charge >= 0.3 is 12.0 Å². The molecule has 19 heavy (non-hydrogen) atoms. The van der Waals surface area contributed by atoms with E-state index in [1.165, 1.54) is 23.1 Å². The molecule has 1 aliphatic heterocycles. The minimum Gasteiger partial charge on any atom is -0.480 e. The summed E-state index contributed by atoms with van der Waals surface area (Å²) in [4.78, 5) is 24.9. The Morgan fingerprint density at radius 3 is 2.68 bits per heavy atom. The third-order valence-electron chi connectivity index (χ3n) is 4.01. The number of carbonyl (C=O) groups excluding carboxylic acids is 1. The molecule has 2 fully saturated rings. The molecule has 108 valence electrons. The Hall–Kier alpha value is -0.910. The number of hydrogen-bond acceptors (Lipinski definition) is 3. The molecule has 4 unspecified atom stereocenters. The molecule has 1 heterocycles. The molecule has 0 aromatic rings. The van der Waals surface area contributed by atoms with E-state index in [4.69, 9.17) is 5.11 Å². The molecule has 1 saturated heterocycles. The fourth-order valence-electron chi connectivity index (χ4n) is 2.96. The number of urea groups is 1. The number of thioether (sulfide) groups is 1. The number of nitrogens with one attached hydrogen (secondary N) is 1.